The Balaban J connectivity index is 2.50. The average molecular weight is 276 g/mol. The molecule has 1 aliphatic heterocycles. The van der Waals surface area contributed by atoms with Crippen molar-refractivity contribution in [2.24, 2.45) is 0 Å². The van der Waals surface area contributed by atoms with Crippen LogP contribution in [0.1, 0.15) is 15.9 Å². The zero-order chi connectivity index (χ0) is 12.7. The maximum atomic E-state index is 12.3. The highest BCUT2D eigenvalue weighted by atomic mass is 32.9. The molecule has 0 aromatic heterocycles. The summed E-state index contributed by atoms with van der Waals surface area (Å²) < 4.78 is 23.0. The molecule has 0 saturated heterocycles. The molecule has 0 N–H and O–H groups in total. The van der Waals surface area contributed by atoms with Gasteiger partial charge < -0.3 is 0 Å². The van der Waals surface area contributed by atoms with Crippen LogP contribution in [0.25, 0.3) is 0 Å². The summed E-state index contributed by atoms with van der Waals surface area (Å²) >= 11 is 0. The fourth-order valence-electron chi connectivity index (χ4n) is 2.04. The first-order valence-corrected chi connectivity index (χ1v) is 8.08. The second-order valence-corrected chi connectivity index (χ2v) is 7.44. The molecule has 0 bridgehead atoms. The van der Waals surface area contributed by atoms with E-state index >= 15 is 0 Å². The first-order valence-electron chi connectivity index (χ1n) is 5.27. The Kier molecular flexibility index (Phi) is 2.65. The van der Waals surface area contributed by atoms with Crippen LogP contribution < -0.4 is 0 Å². The average Bonchev–Trinajstić information content (AvgIpc) is 2.39. The second kappa shape index (κ2) is 4.19. The lowest BCUT2D eigenvalue weighted by atomic mass is 10.0. The van der Waals surface area contributed by atoms with Crippen molar-refractivity contribution in [2.75, 3.05) is 0 Å². The molecular weight excluding hydrogens is 268 g/mol. The van der Waals surface area contributed by atoms with E-state index in [2.05, 4.69) is 0 Å². The summed E-state index contributed by atoms with van der Waals surface area (Å²) in [6, 6.07) is 13.8. The molecule has 2 aromatic rings. The fourth-order valence-corrected chi connectivity index (χ4v) is 5.45. The Morgan fingerprint density at radius 2 is 1.22 bits per heavy atom. The molecule has 0 saturated carbocycles. The van der Waals surface area contributed by atoms with Crippen molar-refractivity contribution in [3.63, 3.8) is 0 Å². The minimum atomic E-state index is -2.26. The van der Waals surface area contributed by atoms with Gasteiger partial charge in [-0.05, 0) is 33.7 Å². The summed E-state index contributed by atoms with van der Waals surface area (Å²) in [5.74, 6) is -0.101. The molecule has 3 nitrogen and oxygen atoms in total. The number of carbonyl (C=O) groups is 1. The van der Waals surface area contributed by atoms with Crippen LogP contribution in [-0.4, -0.2) is 14.2 Å². The van der Waals surface area contributed by atoms with Gasteiger partial charge in [0.25, 0.3) is 0 Å². The van der Waals surface area contributed by atoms with Crippen molar-refractivity contribution in [2.45, 2.75) is 9.79 Å². The summed E-state index contributed by atoms with van der Waals surface area (Å²) in [4.78, 5) is 13.5. The van der Waals surface area contributed by atoms with Gasteiger partial charge in [0.2, 0.25) is 9.26 Å². The van der Waals surface area contributed by atoms with E-state index in [-0.39, 0.29) is 5.78 Å². The second-order valence-electron chi connectivity index (χ2n) is 3.79. The van der Waals surface area contributed by atoms with Gasteiger partial charge in [0.05, 0.1) is 0 Å². The van der Waals surface area contributed by atoms with E-state index in [1.165, 1.54) is 0 Å². The number of hydrogen-bond acceptors (Lipinski definition) is 3. The first-order chi connectivity index (χ1) is 8.70. The fraction of sp³-hybridized carbons (Fsp3) is 0. The van der Waals surface area contributed by atoms with E-state index in [4.69, 9.17) is 0 Å². The predicted molar refractivity (Wildman–Crippen MR) is 69.1 cm³/mol. The van der Waals surface area contributed by atoms with Gasteiger partial charge in [0.1, 0.15) is 0 Å². The largest absolute Gasteiger partial charge is 0.289 e. The van der Waals surface area contributed by atoms with E-state index in [0.29, 0.717) is 20.9 Å². The van der Waals surface area contributed by atoms with Crippen molar-refractivity contribution < 1.29 is 13.2 Å². The highest BCUT2D eigenvalue weighted by Crippen LogP contribution is 2.31. The molecule has 0 fully saturated rings. The molecule has 0 atom stereocenters. The molecule has 18 heavy (non-hydrogen) atoms. The lowest BCUT2D eigenvalue weighted by molar-refractivity contribution is 0.103. The summed E-state index contributed by atoms with van der Waals surface area (Å²) in [7, 11) is -3.34. The molecule has 0 aliphatic carbocycles. The van der Waals surface area contributed by atoms with Crippen molar-refractivity contribution in [3.05, 3.63) is 59.7 Å². The molecule has 3 rings (SSSR count). The summed E-state index contributed by atoms with van der Waals surface area (Å²) in [5.41, 5.74) is 0.979. The van der Waals surface area contributed by atoms with Gasteiger partial charge in [0.15, 0.2) is 5.78 Å². The van der Waals surface area contributed by atoms with Gasteiger partial charge in [-0.25, -0.2) is 0 Å². The summed E-state index contributed by atoms with van der Waals surface area (Å²) in [6.07, 6.45) is 0. The third-order valence-electron chi connectivity index (χ3n) is 2.80. The van der Waals surface area contributed by atoms with E-state index in [1.54, 1.807) is 48.5 Å². The first kappa shape index (κ1) is 11.4. The van der Waals surface area contributed by atoms with Crippen LogP contribution in [0.15, 0.2) is 58.3 Å². The van der Waals surface area contributed by atoms with Crippen molar-refractivity contribution >= 4 is 24.5 Å². The Labute approximate surface area is 107 Å². The topological polar surface area (TPSA) is 51.2 Å². The van der Waals surface area contributed by atoms with Crippen molar-refractivity contribution in [1.82, 2.24) is 0 Å². The van der Waals surface area contributed by atoms with Gasteiger partial charge in [0, 0.05) is 20.9 Å². The van der Waals surface area contributed by atoms with E-state index < -0.39 is 18.7 Å². The molecule has 1 aliphatic rings. The zero-order valence-corrected chi connectivity index (χ0v) is 10.8. The molecule has 5 heteroatoms. The minimum Gasteiger partial charge on any atom is -0.289 e. The van der Waals surface area contributed by atoms with E-state index in [9.17, 15) is 13.2 Å². The smallest absolute Gasteiger partial charge is 0.249 e. The lowest BCUT2D eigenvalue weighted by Crippen LogP contribution is -2.16. The third-order valence-corrected chi connectivity index (χ3v) is 6.48. The maximum Gasteiger partial charge on any atom is 0.249 e. The molecule has 0 amide bonds. The monoisotopic (exact) mass is 276 g/mol. The lowest BCUT2D eigenvalue weighted by Gasteiger charge is -2.18. The van der Waals surface area contributed by atoms with Crippen LogP contribution in [-0.2, 0) is 18.7 Å². The molecule has 0 radical (unpaired) electrons. The number of benzene rings is 2. The normalized spacial score (nSPS) is 13.9. The molecule has 90 valence electrons. The Bertz CT molecular complexity index is 745. The van der Waals surface area contributed by atoms with Gasteiger partial charge in [-0.1, -0.05) is 24.3 Å². The zero-order valence-electron chi connectivity index (χ0n) is 9.16. The number of rotatable bonds is 0. The summed E-state index contributed by atoms with van der Waals surface area (Å²) in [5, 5.41) is 0. The van der Waals surface area contributed by atoms with Gasteiger partial charge in [-0.2, -0.15) is 8.42 Å². The number of ketones is 1. The van der Waals surface area contributed by atoms with Gasteiger partial charge in [-0.3, -0.25) is 4.79 Å². The van der Waals surface area contributed by atoms with Crippen LogP contribution >= 0.6 is 0 Å². The molecule has 1 heterocycles. The Morgan fingerprint density at radius 1 is 0.778 bits per heavy atom. The number of carbonyl (C=O) groups excluding carboxylic acids is 1. The van der Waals surface area contributed by atoms with E-state index in [1.807, 2.05) is 0 Å². The van der Waals surface area contributed by atoms with Gasteiger partial charge >= 0.3 is 0 Å². The van der Waals surface area contributed by atoms with Crippen LogP contribution in [0.4, 0.5) is 0 Å². The molecule has 2 aromatic carbocycles. The maximum absolute atomic E-state index is 12.3. The predicted octanol–water partition coefficient (Wildman–Crippen LogP) is 2.06. The van der Waals surface area contributed by atoms with E-state index in [0.717, 1.165) is 0 Å². The standard InChI is InChI=1S/C13H8O3S2/c14-13-9-5-1-3-7-11(9)17(18(15)16)12-8-4-2-6-10(12)13/h1-8H. The number of hydrogen-bond donors (Lipinski definition) is 0. The van der Waals surface area contributed by atoms with Crippen molar-refractivity contribution in [1.29, 1.82) is 0 Å². The molecule has 0 unspecified atom stereocenters. The SMILES string of the molecule is O=C1c2ccccc2S(=S(=O)=O)c2ccccc21. The van der Waals surface area contributed by atoms with Crippen LogP contribution in [0.2, 0.25) is 0 Å². The van der Waals surface area contributed by atoms with Crippen LogP contribution in [0, 0.1) is 0 Å². The Morgan fingerprint density at radius 3 is 1.67 bits per heavy atom. The van der Waals surface area contributed by atoms with Crippen molar-refractivity contribution in [3.8, 4) is 0 Å². The minimum absolute atomic E-state index is 0.101. The molecule has 0 spiro atoms. The molecular formula is C13H8O3S2. The van der Waals surface area contributed by atoms with Gasteiger partial charge in [-0.15, -0.1) is 0 Å². The number of fused-ring (bicyclic) bond motifs is 2. The quantitative estimate of drug-likeness (QED) is 0.631. The third kappa shape index (κ3) is 1.55. The summed E-state index contributed by atoms with van der Waals surface area (Å²) in [6.45, 7) is 0. The Hall–Kier alpha value is -1.72. The highest BCUT2D eigenvalue weighted by Gasteiger charge is 2.27. The van der Waals surface area contributed by atoms with Crippen LogP contribution in [0.5, 0.6) is 0 Å². The van der Waals surface area contributed by atoms with Crippen LogP contribution in [0.3, 0.4) is 0 Å². The highest BCUT2D eigenvalue weighted by molar-refractivity contribution is 8.34.